The van der Waals surface area contributed by atoms with Gasteiger partial charge in [-0.2, -0.15) is 0 Å². The predicted molar refractivity (Wildman–Crippen MR) is 89.7 cm³/mol. The molecular weight excluding hydrogens is 276 g/mol. The predicted octanol–water partition coefficient (Wildman–Crippen LogP) is 2.65. The number of hydrogen-bond acceptors (Lipinski definition) is 3. The van der Waals surface area contributed by atoms with Crippen LogP contribution in [0.2, 0.25) is 0 Å². The Morgan fingerprint density at radius 1 is 1.18 bits per heavy atom. The van der Waals surface area contributed by atoms with Gasteiger partial charge in [0.1, 0.15) is 0 Å². The Morgan fingerprint density at radius 3 is 2.32 bits per heavy atom. The molecule has 128 valence electrons. The molecule has 2 fully saturated rings. The SMILES string of the molecule is CCN(C(=O)CN1CCC(CC)(CO)CC1)C1CCCCC1. The normalized spacial score (nSPS) is 23.4. The molecule has 1 N–H and O–H groups in total. The lowest BCUT2D eigenvalue weighted by atomic mass is 9.77. The van der Waals surface area contributed by atoms with Gasteiger partial charge >= 0.3 is 0 Å². The van der Waals surface area contributed by atoms with Crippen molar-refractivity contribution < 1.29 is 9.90 Å². The van der Waals surface area contributed by atoms with Crippen LogP contribution in [0.1, 0.15) is 65.2 Å². The molecule has 4 heteroatoms. The minimum absolute atomic E-state index is 0.105. The average molecular weight is 310 g/mol. The molecule has 0 unspecified atom stereocenters. The van der Waals surface area contributed by atoms with Crippen LogP contribution in [0.25, 0.3) is 0 Å². The minimum Gasteiger partial charge on any atom is -0.396 e. The Morgan fingerprint density at radius 2 is 1.82 bits per heavy atom. The van der Waals surface area contributed by atoms with Crippen LogP contribution in [-0.2, 0) is 4.79 Å². The second kappa shape index (κ2) is 8.30. The zero-order valence-corrected chi connectivity index (χ0v) is 14.5. The Balaban J connectivity index is 1.83. The van der Waals surface area contributed by atoms with E-state index in [-0.39, 0.29) is 12.0 Å². The summed E-state index contributed by atoms with van der Waals surface area (Å²) in [4.78, 5) is 17.1. The maximum absolute atomic E-state index is 12.7. The molecule has 22 heavy (non-hydrogen) atoms. The lowest BCUT2D eigenvalue weighted by Crippen LogP contribution is -2.49. The van der Waals surface area contributed by atoms with E-state index in [0.29, 0.717) is 18.5 Å². The summed E-state index contributed by atoms with van der Waals surface area (Å²) in [7, 11) is 0. The lowest BCUT2D eigenvalue weighted by molar-refractivity contribution is -0.136. The minimum atomic E-state index is 0.105. The van der Waals surface area contributed by atoms with Crippen LogP contribution in [0.3, 0.4) is 0 Å². The van der Waals surface area contributed by atoms with Gasteiger partial charge in [-0.3, -0.25) is 9.69 Å². The number of carbonyl (C=O) groups is 1. The van der Waals surface area contributed by atoms with E-state index in [1.807, 2.05) is 0 Å². The van der Waals surface area contributed by atoms with Crippen LogP contribution < -0.4 is 0 Å². The van der Waals surface area contributed by atoms with Crippen molar-refractivity contribution in [1.29, 1.82) is 0 Å². The zero-order valence-electron chi connectivity index (χ0n) is 14.5. The summed E-state index contributed by atoms with van der Waals surface area (Å²) < 4.78 is 0. The Labute approximate surface area is 135 Å². The number of hydrogen-bond donors (Lipinski definition) is 1. The number of aliphatic hydroxyl groups is 1. The topological polar surface area (TPSA) is 43.8 Å². The highest BCUT2D eigenvalue weighted by Crippen LogP contribution is 2.34. The maximum atomic E-state index is 12.7. The molecule has 1 aliphatic carbocycles. The Kier molecular flexibility index (Phi) is 6.69. The van der Waals surface area contributed by atoms with Crippen LogP contribution in [0.4, 0.5) is 0 Å². The summed E-state index contributed by atoms with van der Waals surface area (Å²) in [5, 5.41) is 9.61. The van der Waals surface area contributed by atoms with Crippen molar-refractivity contribution in [3.05, 3.63) is 0 Å². The number of amides is 1. The van der Waals surface area contributed by atoms with Crippen LogP contribution in [-0.4, -0.2) is 59.6 Å². The molecule has 2 rings (SSSR count). The van der Waals surface area contributed by atoms with Crippen molar-refractivity contribution >= 4 is 5.91 Å². The quantitative estimate of drug-likeness (QED) is 0.820. The fraction of sp³-hybridized carbons (Fsp3) is 0.944. The molecule has 0 aromatic carbocycles. The first kappa shape index (κ1) is 17.7. The molecule has 0 bridgehead atoms. The third-order valence-electron chi connectivity index (χ3n) is 6.04. The third-order valence-corrected chi connectivity index (χ3v) is 6.04. The molecule has 0 aromatic heterocycles. The number of likely N-dealkylation sites (tertiary alicyclic amines) is 1. The molecule has 1 amide bonds. The van der Waals surface area contributed by atoms with E-state index < -0.39 is 0 Å². The van der Waals surface area contributed by atoms with Gasteiger partial charge in [-0.1, -0.05) is 26.2 Å². The van der Waals surface area contributed by atoms with Gasteiger partial charge in [0.05, 0.1) is 6.54 Å². The first-order chi connectivity index (χ1) is 10.6. The van der Waals surface area contributed by atoms with Crippen LogP contribution in [0.15, 0.2) is 0 Å². The number of piperidine rings is 1. The summed E-state index contributed by atoms with van der Waals surface area (Å²) in [6, 6.07) is 0.475. The van der Waals surface area contributed by atoms with Gasteiger partial charge in [-0.15, -0.1) is 0 Å². The molecule has 1 aliphatic heterocycles. The monoisotopic (exact) mass is 310 g/mol. The van der Waals surface area contributed by atoms with Crippen LogP contribution >= 0.6 is 0 Å². The van der Waals surface area contributed by atoms with Crippen LogP contribution in [0.5, 0.6) is 0 Å². The van der Waals surface area contributed by atoms with Crippen molar-refractivity contribution in [1.82, 2.24) is 9.80 Å². The number of aliphatic hydroxyl groups excluding tert-OH is 1. The molecule has 1 heterocycles. The molecule has 4 nitrogen and oxygen atoms in total. The van der Waals surface area contributed by atoms with Gasteiger partial charge < -0.3 is 10.0 Å². The van der Waals surface area contributed by atoms with Crippen molar-refractivity contribution in [3.8, 4) is 0 Å². The highest BCUT2D eigenvalue weighted by Gasteiger charge is 2.33. The summed E-state index contributed by atoms with van der Waals surface area (Å²) >= 11 is 0. The van der Waals surface area contributed by atoms with E-state index in [0.717, 1.165) is 38.9 Å². The molecule has 0 atom stereocenters. The van der Waals surface area contributed by atoms with Gasteiger partial charge in [0, 0.05) is 19.2 Å². The largest absolute Gasteiger partial charge is 0.396 e. The fourth-order valence-corrected chi connectivity index (χ4v) is 4.12. The number of carbonyl (C=O) groups excluding carboxylic acids is 1. The summed E-state index contributed by atoms with van der Waals surface area (Å²) in [6.07, 6.45) is 9.31. The first-order valence-electron chi connectivity index (χ1n) is 9.27. The summed E-state index contributed by atoms with van der Waals surface area (Å²) in [5.74, 6) is 0.308. The highest BCUT2D eigenvalue weighted by atomic mass is 16.3. The number of nitrogens with zero attached hydrogens (tertiary/aromatic N) is 2. The molecule has 0 radical (unpaired) electrons. The molecule has 0 spiro atoms. The van der Waals surface area contributed by atoms with E-state index in [9.17, 15) is 9.90 Å². The first-order valence-corrected chi connectivity index (χ1v) is 9.27. The standard InChI is InChI=1S/C18H34N2O2/c1-3-18(15-21)10-12-19(13-11-18)14-17(22)20(4-2)16-8-6-5-7-9-16/h16,21H,3-15H2,1-2H3. The van der Waals surface area contributed by atoms with Crippen LogP contribution in [0, 0.1) is 5.41 Å². The molecule has 1 saturated carbocycles. The van der Waals surface area contributed by atoms with E-state index in [4.69, 9.17) is 0 Å². The molecule has 1 saturated heterocycles. The second-order valence-electron chi connectivity index (χ2n) is 7.26. The molecule has 2 aliphatic rings. The van der Waals surface area contributed by atoms with Crippen molar-refractivity contribution in [2.75, 3.05) is 32.8 Å². The number of rotatable bonds is 6. The Hall–Kier alpha value is -0.610. The van der Waals surface area contributed by atoms with Crippen molar-refractivity contribution in [2.24, 2.45) is 5.41 Å². The maximum Gasteiger partial charge on any atom is 0.236 e. The zero-order chi connectivity index (χ0) is 16.0. The lowest BCUT2D eigenvalue weighted by Gasteiger charge is -2.41. The van der Waals surface area contributed by atoms with Gasteiger partial charge in [0.15, 0.2) is 0 Å². The smallest absolute Gasteiger partial charge is 0.236 e. The van der Waals surface area contributed by atoms with E-state index in [2.05, 4.69) is 23.6 Å². The highest BCUT2D eigenvalue weighted by molar-refractivity contribution is 5.78. The summed E-state index contributed by atoms with van der Waals surface area (Å²) in [6.45, 7) is 7.86. The number of likely N-dealkylation sites (N-methyl/N-ethyl adjacent to an activating group) is 1. The third kappa shape index (κ3) is 4.23. The fourth-order valence-electron chi connectivity index (χ4n) is 4.12. The Bertz CT molecular complexity index is 339. The van der Waals surface area contributed by atoms with E-state index in [1.165, 1.54) is 32.1 Å². The van der Waals surface area contributed by atoms with E-state index >= 15 is 0 Å². The van der Waals surface area contributed by atoms with E-state index in [1.54, 1.807) is 0 Å². The van der Waals surface area contributed by atoms with Gasteiger partial charge in [-0.25, -0.2) is 0 Å². The summed E-state index contributed by atoms with van der Waals surface area (Å²) in [5.41, 5.74) is 0.105. The molecular formula is C18H34N2O2. The average Bonchev–Trinajstić information content (AvgIpc) is 2.57. The second-order valence-corrected chi connectivity index (χ2v) is 7.26. The van der Waals surface area contributed by atoms with Gasteiger partial charge in [0.25, 0.3) is 0 Å². The van der Waals surface area contributed by atoms with Crippen molar-refractivity contribution in [2.45, 2.75) is 71.3 Å². The molecule has 0 aromatic rings. The van der Waals surface area contributed by atoms with Gasteiger partial charge in [0.2, 0.25) is 5.91 Å². The van der Waals surface area contributed by atoms with Crippen molar-refractivity contribution in [3.63, 3.8) is 0 Å². The van der Waals surface area contributed by atoms with Gasteiger partial charge in [-0.05, 0) is 57.5 Å².